The normalized spacial score (nSPS) is 16.2. The smallest absolute Gasteiger partial charge is 0.268 e. The Labute approximate surface area is 134 Å². The first-order chi connectivity index (χ1) is 10.5. The van der Waals surface area contributed by atoms with Crippen molar-refractivity contribution in [3.8, 4) is 0 Å². The Morgan fingerprint density at radius 1 is 1.23 bits per heavy atom. The quantitative estimate of drug-likeness (QED) is 0.850. The van der Waals surface area contributed by atoms with Crippen LogP contribution in [0.4, 0.5) is 5.69 Å². The number of piperazine rings is 1. The molecule has 1 aliphatic heterocycles. The molecule has 0 atom stereocenters. The molecule has 118 valence electrons. The standard InChI is InChI=1S/C15H21N5OS/c1-11-14(22-12(2)17-11)10-19-4-6-20(7-5-19)13-8-15(21)18(3)16-9-13/h8-9H,4-7,10H2,1-3H3. The fourth-order valence-corrected chi connectivity index (χ4v) is 3.70. The van der Waals surface area contributed by atoms with Crippen LogP contribution in [0.5, 0.6) is 0 Å². The molecule has 2 aromatic heterocycles. The molecule has 6 nitrogen and oxygen atoms in total. The minimum Gasteiger partial charge on any atom is -0.368 e. The van der Waals surface area contributed by atoms with Gasteiger partial charge in [-0.25, -0.2) is 9.67 Å². The van der Waals surface area contributed by atoms with E-state index in [9.17, 15) is 4.79 Å². The van der Waals surface area contributed by atoms with E-state index in [0.717, 1.165) is 49.1 Å². The Bertz CT molecular complexity index is 715. The number of rotatable bonds is 3. The summed E-state index contributed by atoms with van der Waals surface area (Å²) < 4.78 is 1.36. The summed E-state index contributed by atoms with van der Waals surface area (Å²) in [5.41, 5.74) is 2.02. The van der Waals surface area contributed by atoms with E-state index in [-0.39, 0.29) is 5.56 Å². The second-order valence-corrected chi connectivity index (χ2v) is 6.97. The molecule has 0 aliphatic carbocycles. The molecule has 1 fully saturated rings. The van der Waals surface area contributed by atoms with Crippen molar-refractivity contribution in [1.82, 2.24) is 19.7 Å². The number of hydrogen-bond donors (Lipinski definition) is 0. The summed E-state index contributed by atoms with van der Waals surface area (Å²) in [6.07, 6.45) is 1.77. The van der Waals surface area contributed by atoms with Crippen LogP contribution in [0.25, 0.3) is 0 Å². The predicted octanol–water partition coefficient (Wildman–Crippen LogP) is 1.18. The Morgan fingerprint density at radius 3 is 2.55 bits per heavy atom. The fraction of sp³-hybridized carbons (Fsp3) is 0.533. The molecule has 0 N–H and O–H groups in total. The van der Waals surface area contributed by atoms with Gasteiger partial charge in [-0.1, -0.05) is 0 Å². The van der Waals surface area contributed by atoms with Crippen LogP contribution in [0.15, 0.2) is 17.1 Å². The molecule has 0 amide bonds. The molecular formula is C15H21N5OS. The lowest BCUT2D eigenvalue weighted by Gasteiger charge is -2.35. The molecule has 2 aromatic rings. The molecule has 0 radical (unpaired) electrons. The van der Waals surface area contributed by atoms with Crippen molar-refractivity contribution in [3.05, 3.63) is 38.2 Å². The number of aromatic nitrogens is 3. The highest BCUT2D eigenvalue weighted by Gasteiger charge is 2.19. The van der Waals surface area contributed by atoms with Crippen LogP contribution in [0.1, 0.15) is 15.6 Å². The molecule has 1 aliphatic rings. The highest BCUT2D eigenvalue weighted by atomic mass is 32.1. The summed E-state index contributed by atoms with van der Waals surface area (Å²) in [5, 5.41) is 5.23. The van der Waals surface area contributed by atoms with Crippen LogP contribution in [0.2, 0.25) is 0 Å². The van der Waals surface area contributed by atoms with Gasteiger partial charge in [0.25, 0.3) is 5.56 Å². The van der Waals surface area contributed by atoms with Gasteiger partial charge in [0.05, 0.1) is 22.6 Å². The zero-order valence-electron chi connectivity index (χ0n) is 13.2. The fourth-order valence-electron chi connectivity index (χ4n) is 2.72. The van der Waals surface area contributed by atoms with Crippen LogP contribution < -0.4 is 10.5 Å². The summed E-state index contributed by atoms with van der Waals surface area (Å²) in [6.45, 7) is 8.94. The van der Waals surface area contributed by atoms with Crippen molar-refractivity contribution in [2.75, 3.05) is 31.1 Å². The van der Waals surface area contributed by atoms with E-state index in [1.807, 2.05) is 0 Å². The van der Waals surface area contributed by atoms with Gasteiger partial charge in [-0.2, -0.15) is 5.10 Å². The van der Waals surface area contributed by atoms with Crippen molar-refractivity contribution in [2.45, 2.75) is 20.4 Å². The number of anilines is 1. The van der Waals surface area contributed by atoms with Crippen molar-refractivity contribution in [2.24, 2.45) is 7.05 Å². The second kappa shape index (κ2) is 6.18. The van der Waals surface area contributed by atoms with Crippen molar-refractivity contribution < 1.29 is 0 Å². The van der Waals surface area contributed by atoms with Gasteiger partial charge in [0.2, 0.25) is 0 Å². The Morgan fingerprint density at radius 2 is 1.95 bits per heavy atom. The summed E-state index contributed by atoms with van der Waals surface area (Å²) in [5.74, 6) is 0. The molecule has 0 aromatic carbocycles. The maximum Gasteiger partial charge on any atom is 0.268 e. The number of hydrogen-bond acceptors (Lipinski definition) is 6. The lowest BCUT2D eigenvalue weighted by Crippen LogP contribution is -2.46. The third kappa shape index (κ3) is 3.20. The van der Waals surface area contributed by atoms with Crippen LogP contribution >= 0.6 is 11.3 Å². The summed E-state index contributed by atoms with van der Waals surface area (Å²) in [4.78, 5) is 22.2. The molecule has 0 spiro atoms. The zero-order valence-corrected chi connectivity index (χ0v) is 14.1. The SMILES string of the molecule is Cc1nc(C)c(CN2CCN(c3cnn(C)c(=O)c3)CC2)s1. The first-order valence-corrected chi connectivity index (χ1v) is 8.28. The molecule has 0 unspecified atom stereocenters. The third-order valence-corrected chi connectivity index (χ3v) is 5.12. The van der Waals surface area contributed by atoms with E-state index in [1.165, 1.54) is 9.56 Å². The van der Waals surface area contributed by atoms with Crippen molar-refractivity contribution in [3.63, 3.8) is 0 Å². The van der Waals surface area contributed by atoms with Crippen molar-refractivity contribution in [1.29, 1.82) is 0 Å². The maximum atomic E-state index is 11.7. The lowest BCUT2D eigenvalue weighted by molar-refractivity contribution is 0.251. The van der Waals surface area contributed by atoms with E-state index < -0.39 is 0 Å². The molecule has 1 saturated heterocycles. The molecule has 3 rings (SSSR count). The molecule has 3 heterocycles. The monoisotopic (exact) mass is 319 g/mol. The van der Waals surface area contributed by atoms with Gasteiger partial charge in [0.15, 0.2) is 0 Å². The summed E-state index contributed by atoms with van der Waals surface area (Å²) >= 11 is 1.79. The highest BCUT2D eigenvalue weighted by molar-refractivity contribution is 7.11. The Hall–Kier alpha value is -1.73. The van der Waals surface area contributed by atoms with Gasteiger partial charge in [-0.05, 0) is 13.8 Å². The van der Waals surface area contributed by atoms with E-state index in [0.29, 0.717) is 0 Å². The van der Waals surface area contributed by atoms with Crippen molar-refractivity contribution >= 4 is 17.0 Å². The van der Waals surface area contributed by atoms with Gasteiger partial charge in [0, 0.05) is 50.7 Å². The minimum absolute atomic E-state index is 0.0595. The molecule has 0 bridgehead atoms. The Balaban J connectivity index is 1.61. The second-order valence-electron chi connectivity index (χ2n) is 5.68. The van der Waals surface area contributed by atoms with Crippen LogP contribution in [-0.4, -0.2) is 45.8 Å². The van der Waals surface area contributed by atoms with Gasteiger partial charge >= 0.3 is 0 Å². The molecule has 22 heavy (non-hydrogen) atoms. The summed E-state index contributed by atoms with van der Waals surface area (Å²) in [7, 11) is 1.67. The first kappa shape index (κ1) is 15.2. The largest absolute Gasteiger partial charge is 0.368 e. The predicted molar refractivity (Wildman–Crippen MR) is 88.6 cm³/mol. The van der Waals surface area contributed by atoms with Gasteiger partial charge < -0.3 is 4.90 Å². The van der Waals surface area contributed by atoms with E-state index in [1.54, 1.807) is 30.6 Å². The average Bonchev–Trinajstić information content (AvgIpc) is 2.81. The maximum absolute atomic E-state index is 11.7. The summed E-state index contributed by atoms with van der Waals surface area (Å²) in [6, 6.07) is 1.67. The van der Waals surface area contributed by atoms with E-state index >= 15 is 0 Å². The lowest BCUT2D eigenvalue weighted by atomic mass is 10.2. The van der Waals surface area contributed by atoms with Crippen LogP contribution in [-0.2, 0) is 13.6 Å². The van der Waals surface area contributed by atoms with Gasteiger partial charge in [-0.15, -0.1) is 11.3 Å². The highest BCUT2D eigenvalue weighted by Crippen LogP contribution is 2.21. The van der Waals surface area contributed by atoms with Crippen LogP contribution in [0.3, 0.4) is 0 Å². The van der Waals surface area contributed by atoms with E-state index in [4.69, 9.17) is 0 Å². The number of aryl methyl sites for hydroxylation is 3. The first-order valence-electron chi connectivity index (χ1n) is 7.46. The van der Waals surface area contributed by atoms with Gasteiger partial charge in [0.1, 0.15) is 0 Å². The van der Waals surface area contributed by atoms with Gasteiger partial charge in [-0.3, -0.25) is 9.69 Å². The van der Waals surface area contributed by atoms with Crippen LogP contribution in [0, 0.1) is 13.8 Å². The topological polar surface area (TPSA) is 54.3 Å². The molecule has 7 heteroatoms. The minimum atomic E-state index is -0.0595. The zero-order chi connectivity index (χ0) is 15.7. The van der Waals surface area contributed by atoms with E-state index in [2.05, 4.69) is 33.7 Å². The molecular weight excluding hydrogens is 298 g/mol. The average molecular weight is 319 g/mol. The molecule has 0 saturated carbocycles. The Kier molecular flexibility index (Phi) is 4.26. The number of nitrogens with zero attached hydrogens (tertiary/aromatic N) is 5. The number of thiazole rings is 1. The third-order valence-electron chi connectivity index (χ3n) is 4.06.